The van der Waals surface area contributed by atoms with Crippen molar-refractivity contribution in [1.82, 2.24) is 0 Å². The van der Waals surface area contributed by atoms with Crippen molar-refractivity contribution in [1.29, 1.82) is 0 Å². The number of benzene rings is 1. The summed E-state index contributed by atoms with van der Waals surface area (Å²) in [7, 11) is 1.68. The van der Waals surface area contributed by atoms with Crippen LogP contribution < -0.4 is 9.47 Å². The lowest BCUT2D eigenvalue weighted by molar-refractivity contribution is -0.905. The molecular formula is C16H20NO2+. The van der Waals surface area contributed by atoms with Gasteiger partial charge < -0.3 is 4.74 Å². The Kier molecular flexibility index (Phi) is 3.47. The maximum Gasteiger partial charge on any atom is 0.225 e. The van der Waals surface area contributed by atoms with Crippen LogP contribution in [0.5, 0.6) is 5.75 Å². The number of hydrogen-bond acceptors (Lipinski definition) is 2. The topological polar surface area (TPSA) is 33.3 Å². The molecule has 100 valence electrons. The molecule has 0 amide bonds. The molecule has 0 saturated carbocycles. The van der Waals surface area contributed by atoms with Crippen LogP contribution in [-0.2, 0) is 0 Å². The Hall–Kier alpha value is -2.03. The zero-order valence-corrected chi connectivity index (χ0v) is 12.1. The summed E-state index contributed by atoms with van der Waals surface area (Å²) in [6.07, 6.45) is 3.46. The van der Waals surface area contributed by atoms with Gasteiger partial charge in [-0.2, -0.15) is 0 Å². The Morgan fingerprint density at radius 3 is 1.68 bits per heavy atom. The monoisotopic (exact) mass is 258 g/mol. The van der Waals surface area contributed by atoms with Crippen molar-refractivity contribution in [3.05, 3.63) is 46.8 Å². The summed E-state index contributed by atoms with van der Waals surface area (Å²) >= 11 is 0. The van der Waals surface area contributed by atoms with Crippen LogP contribution in [-0.4, -0.2) is 12.3 Å². The Morgan fingerprint density at radius 2 is 1.26 bits per heavy atom. The third-order valence-electron chi connectivity index (χ3n) is 3.43. The summed E-state index contributed by atoms with van der Waals surface area (Å²) in [5.41, 5.74) is 6.87. The van der Waals surface area contributed by atoms with E-state index >= 15 is 0 Å². The average Bonchev–Trinajstić information content (AvgIpc) is 2.31. The molecular weight excluding hydrogens is 238 g/mol. The molecule has 0 spiro atoms. The lowest BCUT2D eigenvalue weighted by Crippen LogP contribution is -2.30. The third kappa shape index (κ3) is 2.41. The summed E-state index contributed by atoms with van der Waals surface area (Å²) < 4.78 is 6.42. The number of rotatable bonds is 2. The molecule has 0 atom stereocenters. The van der Waals surface area contributed by atoms with Crippen molar-refractivity contribution in [2.45, 2.75) is 27.7 Å². The van der Waals surface area contributed by atoms with Crippen LogP contribution in [0.1, 0.15) is 22.3 Å². The molecule has 0 radical (unpaired) electrons. The van der Waals surface area contributed by atoms with E-state index in [1.807, 2.05) is 26.0 Å². The standard InChI is InChI=1S/C16H20NO2/c1-10-6-14(19-5)7-11(2)15(10)16-12(3)8-17(18)9-13(16)4/h6-9,18H,1-5H3/q+1. The molecule has 2 rings (SSSR count). The Balaban J connectivity index is 2.73. The third-order valence-corrected chi connectivity index (χ3v) is 3.43. The first-order valence-corrected chi connectivity index (χ1v) is 6.31. The fraction of sp³-hybridized carbons (Fsp3) is 0.312. The van der Waals surface area contributed by atoms with Crippen molar-refractivity contribution < 1.29 is 14.7 Å². The second-order valence-corrected chi connectivity index (χ2v) is 5.02. The predicted octanol–water partition coefficient (Wildman–Crippen LogP) is 3.12. The van der Waals surface area contributed by atoms with Gasteiger partial charge in [-0.05, 0) is 56.5 Å². The van der Waals surface area contributed by atoms with Gasteiger partial charge in [0.05, 0.1) is 7.11 Å². The lowest BCUT2D eigenvalue weighted by atomic mass is 9.91. The van der Waals surface area contributed by atoms with Gasteiger partial charge in [-0.15, -0.1) is 0 Å². The molecule has 0 saturated heterocycles. The van der Waals surface area contributed by atoms with E-state index in [9.17, 15) is 5.21 Å². The Morgan fingerprint density at radius 1 is 0.842 bits per heavy atom. The molecule has 19 heavy (non-hydrogen) atoms. The molecule has 1 aromatic heterocycles. The molecule has 3 heteroatoms. The first kappa shape index (κ1) is 13.4. The van der Waals surface area contributed by atoms with E-state index in [1.54, 1.807) is 19.5 Å². The van der Waals surface area contributed by atoms with E-state index in [-0.39, 0.29) is 0 Å². The van der Waals surface area contributed by atoms with Crippen LogP contribution in [0.2, 0.25) is 0 Å². The van der Waals surface area contributed by atoms with Gasteiger partial charge in [0.25, 0.3) is 0 Å². The van der Waals surface area contributed by atoms with E-state index in [0.29, 0.717) is 0 Å². The zero-order chi connectivity index (χ0) is 14.2. The van der Waals surface area contributed by atoms with Gasteiger partial charge in [-0.25, -0.2) is 0 Å². The summed E-state index contributed by atoms with van der Waals surface area (Å²) in [6, 6.07) is 4.09. The van der Waals surface area contributed by atoms with Gasteiger partial charge in [-0.3, -0.25) is 5.21 Å². The molecule has 0 unspecified atom stereocenters. The first-order chi connectivity index (χ1) is 8.93. The molecule has 1 heterocycles. The minimum absolute atomic E-state index is 0.877. The van der Waals surface area contributed by atoms with Gasteiger partial charge >= 0.3 is 0 Å². The molecule has 0 aliphatic heterocycles. The fourth-order valence-electron chi connectivity index (χ4n) is 2.70. The number of pyridine rings is 1. The highest BCUT2D eigenvalue weighted by Gasteiger charge is 2.16. The second kappa shape index (κ2) is 4.92. The van der Waals surface area contributed by atoms with Gasteiger partial charge in [0.15, 0.2) is 0 Å². The van der Waals surface area contributed by atoms with Crippen LogP contribution in [0.25, 0.3) is 11.1 Å². The van der Waals surface area contributed by atoms with Crippen molar-refractivity contribution in [2.24, 2.45) is 0 Å². The summed E-state index contributed by atoms with van der Waals surface area (Å²) in [4.78, 5) is 0. The maximum atomic E-state index is 9.58. The number of aryl methyl sites for hydroxylation is 4. The van der Waals surface area contributed by atoms with Crippen molar-refractivity contribution in [2.75, 3.05) is 7.11 Å². The number of aromatic nitrogens is 1. The molecule has 1 aromatic carbocycles. The predicted molar refractivity (Wildman–Crippen MR) is 74.8 cm³/mol. The Bertz CT molecular complexity index is 587. The highest BCUT2D eigenvalue weighted by molar-refractivity contribution is 5.76. The van der Waals surface area contributed by atoms with Crippen LogP contribution in [0, 0.1) is 27.7 Å². The van der Waals surface area contributed by atoms with E-state index < -0.39 is 0 Å². The van der Waals surface area contributed by atoms with Gasteiger partial charge in [0.2, 0.25) is 12.4 Å². The van der Waals surface area contributed by atoms with Crippen LogP contribution in [0.15, 0.2) is 24.5 Å². The minimum atomic E-state index is 0.877. The van der Waals surface area contributed by atoms with Crippen LogP contribution in [0.3, 0.4) is 0 Å². The fourth-order valence-corrected chi connectivity index (χ4v) is 2.70. The highest BCUT2D eigenvalue weighted by atomic mass is 16.5. The SMILES string of the molecule is COc1cc(C)c(-c2c(C)c[n+](O)cc2C)c(C)c1. The van der Waals surface area contributed by atoms with Crippen molar-refractivity contribution >= 4 is 0 Å². The summed E-state index contributed by atoms with van der Waals surface area (Å²) in [6.45, 7) is 8.20. The largest absolute Gasteiger partial charge is 0.497 e. The second-order valence-electron chi connectivity index (χ2n) is 5.02. The molecule has 2 aromatic rings. The average molecular weight is 258 g/mol. The molecule has 1 N–H and O–H groups in total. The van der Waals surface area contributed by atoms with Crippen LogP contribution >= 0.6 is 0 Å². The number of ether oxygens (including phenoxy) is 1. The lowest BCUT2D eigenvalue weighted by Gasteiger charge is -2.15. The molecule has 0 aliphatic rings. The van der Waals surface area contributed by atoms with E-state index in [1.165, 1.54) is 22.3 Å². The quantitative estimate of drug-likeness (QED) is 0.663. The molecule has 0 bridgehead atoms. The summed E-state index contributed by atoms with van der Waals surface area (Å²) in [5.74, 6) is 0.877. The normalized spacial score (nSPS) is 10.6. The van der Waals surface area contributed by atoms with Gasteiger partial charge in [0, 0.05) is 21.4 Å². The van der Waals surface area contributed by atoms with Crippen molar-refractivity contribution in [3.63, 3.8) is 0 Å². The highest BCUT2D eigenvalue weighted by Crippen LogP contribution is 2.34. The zero-order valence-electron chi connectivity index (χ0n) is 12.1. The van der Waals surface area contributed by atoms with Crippen molar-refractivity contribution in [3.8, 4) is 16.9 Å². The molecule has 0 fully saturated rings. The smallest absolute Gasteiger partial charge is 0.225 e. The van der Waals surface area contributed by atoms with E-state index in [0.717, 1.165) is 21.6 Å². The van der Waals surface area contributed by atoms with Gasteiger partial charge in [-0.1, -0.05) is 0 Å². The van der Waals surface area contributed by atoms with E-state index in [2.05, 4.69) is 13.8 Å². The summed E-state index contributed by atoms with van der Waals surface area (Å²) in [5, 5.41) is 9.58. The van der Waals surface area contributed by atoms with Crippen LogP contribution in [0.4, 0.5) is 0 Å². The number of hydrogen-bond donors (Lipinski definition) is 1. The minimum Gasteiger partial charge on any atom is -0.497 e. The number of methoxy groups -OCH3 is 1. The number of nitrogens with zero attached hydrogens (tertiary/aromatic N) is 1. The Labute approximate surface area is 114 Å². The maximum absolute atomic E-state index is 9.58. The first-order valence-electron chi connectivity index (χ1n) is 6.31. The molecule has 0 aliphatic carbocycles. The van der Waals surface area contributed by atoms with Gasteiger partial charge in [0.1, 0.15) is 5.75 Å². The van der Waals surface area contributed by atoms with E-state index in [4.69, 9.17) is 4.74 Å². The molecule has 3 nitrogen and oxygen atoms in total.